The Morgan fingerprint density at radius 1 is 1.22 bits per heavy atom. The number of rotatable bonds is 3. The van der Waals surface area contributed by atoms with Crippen molar-refractivity contribution in [2.75, 3.05) is 43.0 Å². The minimum atomic E-state index is -0.543. The predicted octanol–water partition coefficient (Wildman–Crippen LogP) is 2.80. The van der Waals surface area contributed by atoms with Gasteiger partial charge >= 0.3 is 6.03 Å². The Morgan fingerprint density at radius 2 is 2.00 bits per heavy atom. The zero-order valence-corrected chi connectivity index (χ0v) is 16.0. The van der Waals surface area contributed by atoms with Crippen molar-refractivity contribution in [1.29, 1.82) is 0 Å². The van der Waals surface area contributed by atoms with Crippen LogP contribution in [0.4, 0.5) is 16.2 Å². The van der Waals surface area contributed by atoms with Gasteiger partial charge in [-0.05, 0) is 31.9 Å². The number of benzene rings is 1. The standard InChI is InChI=1S/C20H27N5O2/c1-20(16-13-21-23(2)14-16)15-25(11-12-27-20)19(26)22-17-7-3-4-8-18(17)24-9-5-6-10-24/h3-4,7-8,13-14H,5-6,9-12,15H2,1-2H3,(H,22,26). The number of hydrogen-bond acceptors (Lipinski definition) is 4. The lowest BCUT2D eigenvalue weighted by molar-refractivity contribution is -0.0895. The molecular weight excluding hydrogens is 342 g/mol. The number of ether oxygens (including phenoxy) is 1. The molecule has 2 aliphatic heterocycles. The fraction of sp³-hybridized carbons (Fsp3) is 0.500. The van der Waals surface area contributed by atoms with Gasteiger partial charge in [0, 0.05) is 38.4 Å². The van der Waals surface area contributed by atoms with Crippen LogP contribution in [0.15, 0.2) is 36.7 Å². The summed E-state index contributed by atoms with van der Waals surface area (Å²) in [6.45, 7) is 5.69. The molecule has 2 fully saturated rings. The maximum Gasteiger partial charge on any atom is 0.322 e. The van der Waals surface area contributed by atoms with Crippen LogP contribution in [0.3, 0.4) is 0 Å². The third-order valence-electron chi connectivity index (χ3n) is 5.47. The molecule has 2 saturated heterocycles. The van der Waals surface area contributed by atoms with Crippen LogP contribution in [0.25, 0.3) is 0 Å². The lowest BCUT2D eigenvalue weighted by atomic mass is 9.97. The van der Waals surface area contributed by atoms with Crippen LogP contribution in [0.2, 0.25) is 0 Å². The van der Waals surface area contributed by atoms with Gasteiger partial charge in [-0.25, -0.2) is 4.79 Å². The largest absolute Gasteiger partial charge is 0.370 e. The first-order valence-corrected chi connectivity index (χ1v) is 9.58. The van der Waals surface area contributed by atoms with Gasteiger partial charge in [0.05, 0.1) is 30.7 Å². The van der Waals surface area contributed by atoms with E-state index in [2.05, 4.69) is 21.4 Å². The van der Waals surface area contributed by atoms with E-state index >= 15 is 0 Å². The predicted molar refractivity (Wildman–Crippen MR) is 105 cm³/mol. The number of carbonyl (C=O) groups excluding carboxylic acids is 1. The number of aryl methyl sites for hydroxylation is 1. The Labute approximate surface area is 159 Å². The summed E-state index contributed by atoms with van der Waals surface area (Å²) < 4.78 is 7.78. The molecule has 0 radical (unpaired) electrons. The molecule has 0 bridgehead atoms. The van der Waals surface area contributed by atoms with Crippen LogP contribution in [-0.2, 0) is 17.4 Å². The van der Waals surface area contributed by atoms with Crippen LogP contribution in [0.5, 0.6) is 0 Å². The smallest absolute Gasteiger partial charge is 0.322 e. The highest BCUT2D eigenvalue weighted by atomic mass is 16.5. The number of anilines is 2. The van der Waals surface area contributed by atoms with Gasteiger partial charge in [0.1, 0.15) is 5.60 Å². The molecule has 2 aliphatic rings. The number of carbonyl (C=O) groups is 1. The zero-order chi connectivity index (χ0) is 18.9. The van der Waals surface area contributed by atoms with Crippen molar-refractivity contribution < 1.29 is 9.53 Å². The normalized spacial score (nSPS) is 22.9. The highest BCUT2D eigenvalue weighted by molar-refractivity contribution is 5.93. The number of nitrogens with zero attached hydrogens (tertiary/aromatic N) is 4. The van der Waals surface area contributed by atoms with Crippen LogP contribution in [-0.4, -0.2) is 53.5 Å². The Hall–Kier alpha value is -2.54. The second kappa shape index (κ2) is 7.23. The SMILES string of the molecule is Cn1cc(C2(C)CN(C(=O)Nc3ccccc3N3CCCC3)CCO2)cn1. The van der Waals surface area contributed by atoms with Gasteiger partial charge in [-0.15, -0.1) is 0 Å². The first-order chi connectivity index (χ1) is 13.0. The van der Waals surface area contributed by atoms with Gasteiger partial charge in [0.25, 0.3) is 0 Å². The summed E-state index contributed by atoms with van der Waals surface area (Å²) in [5.74, 6) is 0. The maximum absolute atomic E-state index is 13.0. The highest BCUT2D eigenvalue weighted by Gasteiger charge is 2.37. The van der Waals surface area contributed by atoms with Gasteiger partial charge in [-0.3, -0.25) is 4.68 Å². The average molecular weight is 369 g/mol. The molecule has 1 aromatic heterocycles. The van der Waals surface area contributed by atoms with Crippen LogP contribution < -0.4 is 10.2 Å². The number of morpholine rings is 1. The van der Waals surface area contributed by atoms with Crippen molar-refractivity contribution in [3.8, 4) is 0 Å². The highest BCUT2D eigenvalue weighted by Crippen LogP contribution is 2.31. The fourth-order valence-electron chi connectivity index (χ4n) is 3.92. The summed E-state index contributed by atoms with van der Waals surface area (Å²) >= 11 is 0. The van der Waals surface area contributed by atoms with E-state index in [1.807, 2.05) is 49.5 Å². The van der Waals surface area contributed by atoms with Gasteiger partial charge in [0.2, 0.25) is 0 Å². The summed E-state index contributed by atoms with van der Waals surface area (Å²) in [4.78, 5) is 17.2. The van der Waals surface area contributed by atoms with Gasteiger partial charge in [-0.1, -0.05) is 12.1 Å². The van der Waals surface area contributed by atoms with E-state index in [0.29, 0.717) is 19.7 Å². The topological polar surface area (TPSA) is 62.6 Å². The third kappa shape index (κ3) is 3.64. The number of aromatic nitrogens is 2. The van der Waals surface area contributed by atoms with Crippen molar-refractivity contribution in [3.63, 3.8) is 0 Å². The van der Waals surface area contributed by atoms with Gasteiger partial charge in [-0.2, -0.15) is 5.10 Å². The van der Waals surface area contributed by atoms with Gasteiger partial charge < -0.3 is 19.9 Å². The summed E-state index contributed by atoms with van der Waals surface area (Å²) in [5, 5.41) is 7.36. The molecule has 3 heterocycles. The monoisotopic (exact) mass is 369 g/mol. The van der Waals surface area contributed by atoms with E-state index in [-0.39, 0.29) is 6.03 Å². The number of hydrogen-bond donors (Lipinski definition) is 1. The molecule has 1 N–H and O–H groups in total. The van der Waals surface area contributed by atoms with Crippen molar-refractivity contribution in [2.24, 2.45) is 7.05 Å². The van der Waals surface area contributed by atoms with E-state index in [1.165, 1.54) is 12.8 Å². The summed E-state index contributed by atoms with van der Waals surface area (Å²) in [7, 11) is 1.88. The lowest BCUT2D eigenvalue weighted by Gasteiger charge is -2.40. The molecule has 0 saturated carbocycles. The van der Waals surface area contributed by atoms with E-state index in [0.717, 1.165) is 30.0 Å². The van der Waals surface area contributed by atoms with E-state index in [1.54, 1.807) is 4.68 Å². The molecule has 27 heavy (non-hydrogen) atoms. The molecular formula is C20H27N5O2. The summed E-state index contributed by atoms with van der Waals surface area (Å²) in [6, 6.07) is 7.97. The Morgan fingerprint density at radius 3 is 2.74 bits per heavy atom. The fourth-order valence-corrected chi connectivity index (χ4v) is 3.92. The van der Waals surface area contributed by atoms with Crippen molar-refractivity contribution in [3.05, 3.63) is 42.2 Å². The maximum atomic E-state index is 13.0. The third-order valence-corrected chi connectivity index (χ3v) is 5.47. The van der Waals surface area contributed by atoms with Crippen molar-refractivity contribution in [1.82, 2.24) is 14.7 Å². The van der Waals surface area contributed by atoms with Gasteiger partial charge in [0.15, 0.2) is 0 Å². The molecule has 144 valence electrons. The first kappa shape index (κ1) is 17.9. The number of para-hydroxylation sites is 2. The second-order valence-electron chi connectivity index (χ2n) is 7.55. The molecule has 2 amide bonds. The first-order valence-electron chi connectivity index (χ1n) is 9.58. The molecule has 1 atom stereocenters. The summed E-state index contributed by atoms with van der Waals surface area (Å²) in [5.41, 5.74) is 2.42. The molecule has 1 aromatic carbocycles. The Bertz CT molecular complexity index is 814. The molecule has 2 aromatic rings. The van der Waals surface area contributed by atoms with E-state index in [9.17, 15) is 4.79 Å². The number of urea groups is 1. The molecule has 0 aliphatic carbocycles. The Kier molecular flexibility index (Phi) is 4.78. The zero-order valence-electron chi connectivity index (χ0n) is 16.0. The molecule has 7 heteroatoms. The van der Waals surface area contributed by atoms with Crippen LogP contribution in [0, 0.1) is 0 Å². The van der Waals surface area contributed by atoms with Crippen molar-refractivity contribution >= 4 is 17.4 Å². The molecule has 1 unspecified atom stereocenters. The van der Waals surface area contributed by atoms with E-state index in [4.69, 9.17) is 4.74 Å². The molecule has 7 nitrogen and oxygen atoms in total. The van der Waals surface area contributed by atoms with Crippen LogP contribution in [0.1, 0.15) is 25.3 Å². The Balaban J connectivity index is 1.49. The number of amides is 2. The minimum Gasteiger partial charge on any atom is -0.370 e. The average Bonchev–Trinajstić information content (AvgIpc) is 3.34. The number of nitrogens with one attached hydrogen (secondary N) is 1. The second-order valence-corrected chi connectivity index (χ2v) is 7.55. The lowest BCUT2D eigenvalue weighted by Crippen LogP contribution is -2.51. The summed E-state index contributed by atoms with van der Waals surface area (Å²) in [6.07, 6.45) is 6.17. The quantitative estimate of drug-likeness (QED) is 0.904. The minimum absolute atomic E-state index is 0.0833. The van der Waals surface area contributed by atoms with E-state index < -0.39 is 5.60 Å². The van der Waals surface area contributed by atoms with Crippen LogP contribution >= 0.6 is 0 Å². The molecule has 4 rings (SSSR count). The van der Waals surface area contributed by atoms with Crippen molar-refractivity contribution in [2.45, 2.75) is 25.4 Å². The molecule has 0 spiro atoms.